The predicted octanol–water partition coefficient (Wildman–Crippen LogP) is -2.10. The highest BCUT2D eigenvalue weighted by Gasteiger charge is 2.33. The zero-order chi connectivity index (χ0) is 25.2. The molecule has 182 valence electrons. The van der Waals surface area contributed by atoms with Crippen molar-refractivity contribution in [3.63, 3.8) is 0 Å². The molecule has 13 heteroatoms. The first kappa shape index (κ1) is 28.8. The summed E-state index contributed by atoms with van der Waals surface area (Å²) in [6.45, 7) is 6.70. The zero-order valence-corrected chi connectivity index (χ0v) is 18.6. The van der Waals surface area contributed by atoms with Crippen LogP contribution in [-0.4, -0.2) is 69.9 Å². The lowest BCUT2D eigenvalue weighted by Gasteiger charge is -2.27. The zero-order valence-electron chi connectivity index (χ0n) is 18.6. The molecule has 0 aromatic rings. The highest BCUT2D eigenvalue weighted by molar-refractivity contribution is 5.95. The average molecular weight is 460 g/mol. The number of carbonyl (C=O) groups is 6. The van der Waals surface area contributed by atoms with Crippen molar-refractivity contribution in [2.75, 3.05) is 0 Å². The van der Waals surface area contributed by atoms with Crippen molar-refractivity contribution < 1.29 is 39.0 Å². The standard InChI is InChI=1S/C19H33N5O8/c1-8(2)14(21)17(29)24-15(9(3)4)18(30)23-11(7-13(26)27)16(28)22-10(19(31)32)5-6-12(20)25/h8-11,14-15H,5-7,21H2,1-4H3,(H2,20,25)(H,22,28)(H,23,30)(H,24,29)(H,26,27)(H,31,32). The molecule has 0 aliphatic heterocycles. The molecule has 0 aliphatic rings. The van der Waals surface area contributed by atoms with Crippen LogP contribution < -0.4 is 27.4 Å². The van der Waals surface area contributed by atoms with Crippen molar-refractivity contribution >= 4 is 35.6 Å². The van der Waals surface area contributed by atoms with Gasteiger partial charge in [-0.1, -0.05) is 27.7 Å². The van der Waals surface area contributed by atoms with Crippen LogP contribution in [0, 0.1) is 11.8 Å². The monoisotopic (exact) mass is 459 g/mol. The van der Waals surface area contributed by atoms with Gasteiger partial charge in [0.2, 0.25) is 23.6 Å². The van der Waals surface area contributed by atoms with Crippen LogP contribution in [-0.2, 0) is 28.8 Å². The van der Waals surface area contributed by atoms with Gasteiger partial charge in [0.25, 0.3) is 0 Å². The summed E-state index contributed by atoms with van der Waals surface area (Å²) in [7, 11) is 0. The van der Waals surface area contributed by atoms with Gasteiger partial charge < -0.3 is 37.6 Å². The molecule has 4 amide bonds. The summed E-state index contributed by atoms with van der Waals surface area (Å²) in [4.78, 5) is 70.9. The van der Waals surface area contributed by atoms with E-state index in [1.54, 1.807) is 27.7 Å². The molecule has 0 rings (SSSR count). The molecule has 0 spiro atoms. The number of amides is 4. The summed E-state index contributed by atoms with van der Waals surface area (Å²) < 4.78 is 0. The van der Waals surface area contributed by atoms with Gasteiger partial charge in [0.05, 0.1) is 12.5 Å². The van der Waals surface area contributed by atoms with E-state index in [4.69, 9.17) is 16.6 Å². The molecular formula is C19H33N5O8. The third kappa shape index (κ3) is 10.2. The number of nitrogens with two attached hydrogens (primary N) is 2. The Hall–Kier alpha value is -3.22. The van der Waals surface area contributed by atoms with Crippen LogP contribution in [0.1, 0.15) is 47.0 Å². The van der Waals surface area contributed by atoms with Gasteiger partial charge in [-0.25, -0.2) is 4.79 Å². The average Bonchev–Trinajstić information content (AvgIpc) is 2.66. The Balaban J connectivity index is 5.47. The first-order valence-corrected chi connectivity index (χ1v) is 10.1. The molecule has 0 heterocycles. The van der Waals surface area contributed by atoms with Crippen molar-refractivity contribution in [1.29, 1.82) is 0 Å². The Morgan fingerprint density at radius 3 is 1.72 bits per heavy atom. The highest BCUT2D eigenvalue weighted by atomic mass is 16.4. The maximum absolute atomic E-state index is 12.7. The van der Waals surface area contributed by atoms with Crippen molar-refractivity contribution in [3.05, 3.63) is 0 Å². The maximum atomic E-state index is 12.7. The molecule has 0 saturated heterocycles. The van der Waals surface area contributed by atoms with Gasteiger partial charge in [0.1, 0.15) is 18.1 Å². The van der Waals surface area contributed by atoms with Crippen LogP contribution in [0.15, 0.2) is 0 Å². The molecular weight excluding hydrogens is 426 g/mol. The summed E-state index contributed by atoms with van der Waals surface area (Å²) in [5.74, 6) is -6.82. The Labute approximate surface area is 185 Å². The van der Waals surface area contributed by atoms with Crippen molar-refractivity contribution in [3.8, 4) is 0 Å². The molecule has 13 nitrogen and oxygen atoms in total. The fraction of sp³-hybridized carbons (Fsp3) is 0.684. The molecule has 4 unspecified atom stereocenters. The maximum Gasteiger partial charge on any atom is 0.326 e. The molecule has 0 fully saturated rings. The number of carboxylic acid groups (broad SMARTS) is 2. The van der Waals surface area contributed by atoms with E-state index < -0.39 is 72.1 Å². The van der Waals surface area contributed by atoms with Crippen LogP contribution >= 0.6 is 0 Å². The summed E-state index contributed by atoms with van der Waals surface area (Å²) in [5, 5.41) is 25.1. The summed E-state index contributed by atoms with van der Waals surface area (Å²) in [6.07, 6.45) is -1.49. The van der Waals surface area contributed by atoms with E-state index in [1.807, 2.05) is 0 Å². The van der Waals surface area contributed by atoms with E-state index in [2.05, 4.69) is 16.0 Å². The van der Waals surface area contributed by atoms with E-state index in [0.29, 0.717) is 0 Å². The van der Waals surface area contributed by atoms with E-state index in [0.717, 1.165) is 0 Å². The van der Waals surface area contributed by atoms with Gasteiger partial charge in [-0.05, 0) is 18.3 Å². The third-order valence-corrected chi connectivity index (χ3v) is 4.57. The number of aliphatic carboxylic acids is 2. The predicted molar refractivity (Wildman–Crippen MR) is 112 cm³/mol. The number of nitrogens with one attached hydrogen (secondary N) is 3. The largest absolute Gasteiger partial charge is 0.481 e. The molecule has 4 atom stereocenters. The number of primary amides is 1. The minimum atomic E-state index is -1.63. The smallest absolute Gasteiger partial charge is 0.326 e. The van der Waals surface area contributed by atoms with Crippen molar-refractivity contribution in [2.45, 2.75) is 71.1 Å². The normalized spacial score (nSPS) is 14.7. The van der Waals surface area contributed by atoms with Crippen LogP contribution in [0.3, 0.4) is 0 Å². The summed E-state index contributed by atoms with van der Waals surface area (Å²) in [6, 6.07) is -5.16. The molecule has 0 saturated carbocycles. The van der Waals surface area contributed by atoms with Gasteiger partial charge in [-0.2, -0.15) is 0 Å². The van der Waals surface area contributed by atoms with Crippen molar-refractivity contribution in [1.82, 2.24) is 16.0 Å². The Kier molecular flexibility index (Phi) is 11.9. The van der Waals surface area contributed by atoms with Crippen molar-refractivity contribution in [2.24, 2.45) is 23.3 Å². The molecule has 32 heavy (non-hydrogen) atoms. The number of hydrogen-bond acceptors (Lipinski definition) is 7. The number of rotatable bonds is 14. The fourth-order valence-corrected chi connectivity index (χ4v) is 2.55. The number of carboxylic acids is 2. The minimum absolute atomic E-state index is 0.204. The van der Waals surface area contributed by atoms with E-state index in [-0.39, 0.29) is 18.8 Å². The third-order valence-electron chi connectivity index (χ3n) is 4.57. The van der Waals surface area contributed by atoms with Crippen LogP contribution in [0.2, 0.25) is 0 Å². The Morgan fingerprint density at radius 2 is 1.31 bits per heavy atom. The molecule has 0 radical (unpaired) electrons. The van der Waals surface area contributed by atoms with Gasteiger partial charge in [-0.15, -0.1) is 0 Å². The Morgan fingerprint density at radius 1 is 0.781 bits per heavy atom. The first-order chi connectivity index (χ1) is 14.7. The lowest BCUT2D eigenvalue weighted by atomic mass is 9.99. The second kappa shape index (κ2) is 13.2. The van der Waals surface area contributed by atoms with E-state index >= 15 is 0 Å². The summed E-state index contributed by atoms with van der Waals surface area (Å²) in [5.41, 5.74) is 10.8. The van der Waals surface area contributed by atoms with Gasteiger partial charge >= 0.3 is 11.9 Å². The quantitative estimate of drug-likeness (QED) is 0.151. The second-order valence-corrected chi connectivity index (χ2v) is 8.06. The second-order valence-electron chi connectivity index (χ2n) is 8.06. The molecule has 9 N–H and O–H groups in total. The number of hydrogen-bond donors (Lipinski definition) is 7. The van der Waals surface area contributed by atoms with Crippen LogP contribution in [0.25, 0.3) is 0 Å². The molecule has 0 aromatic carbocycles. The van der Waals surface area contributed by atoms with Gasteiger partial charge in [0.15, 0.2) is 0 Å². The SMILES string of the molecule is CC(C)C(N)C(=O)NC(C(=O)NC(CC(=O)O)C(=O)NC(CCC(N)=O)C(=O)O)C(C)C. The summed E-state index contributed by atoms with van der Waals surface area (Å²) >= 11 is 0. The van der Waals surface area contributed by atoms with Crippen LogP contribution in [0.4, 0.5) is 0 Å². The van der Waals surface area contributed by atoms with Gasteiger partial charge in [0, 0.05) is 6.42 Å². The van der Waals surface area contributed by atoms with Gasteiger partial charge in [-0.3, -0.25) is 24.0 Å². The van der Waals surface area contributed by atoms with Crippen LogP contribution in [0.5, 0.6) is 0 Å². The highest BCUT2D eigenvalue weighted by Crippen LogP contribution is 2.07. The Bertz CT molecular complexity index is 725. The van der Waals surface area contributed by atoms with E-state index in [1.165, 1.54) is 0 Å². The minimum Gasteiger partial charge on any atom is -0.481 e. The molecule has 0 aromatic heterocycles. The van der Waals surface area contributed by atoms with E-state index in [9.17, 15) is 33.9 Å². The molecule has 0 bridgehead atoms. The fourth-order valence-electron chi connectivity index (χ4n) is 2.55. The lowest BCUT2D eigenvalue weighted by Crippen LogP contribution is -2.59. The lowest BCUT2D eigenvalue weighted by molar-refractivity contribution is -0.144. The first-order valence-electron chi connectivity index (χ1n) is 10.1. The number of carbonyl (C=O) groups excluding carboxylic acids is 4. The topological polar surface area (TPSA) is 231 Å². The molecule has 0 aliphatic carbocycles.